The fourth-order valence-corrected chi connectivity index (χ4v) is 2.91. The van der Waals surface area contributed by atoms with Crippen LogP contribution in [-0.4, -0.2) is 41.8 Å². The lowest BCUT2D eigenvalue weighted by Crippen LogP contribution is -2.43. The molecule has 0 saturated carbocycles. The number of benzene rings is 1. The maximum Gasteiger partial charge on any atom is 0.258 e. The molecule has 4 nitrogen and oxygen atoms in total. The van der Waals surface area contributed by atoms with E-state index in [1.165, 1.54) is 11.8 Å². The number of carbonyl (C=O) groups excluding carboxylic acids is 1. The molecule has 20 heavy (non-hydrogen) atoms. The number of hydrogen-bond donors (Lipinski definition) is 2. The summed E-state index contributed by atoms with van der Waals surface area (Å²) in [4.78, 5) is 11.8. The molecule has 7 heteroatoms. The zero-order valence-electron chi connectivity index (χ0n) is 11.2. The van der Waals surface area contributed by atoms with Crippen molar-refractivity contribution in [3.63, 3.8) is 0 Å². The first-order valence-corrected chi connectivity index (χ1v) is 8.44. The van der Waals surface area contributed by atoms with Crippen LogP contribution in [0.15, 0.2) is 22.7 Å². The van der Waals surface area contributed by atoms with E-state index in [9.17, 15) is 4.79 Å². The van der Waals surface area contributed by atoms with Crippen molar-refractivity contribution in [3.05, 3.63) is 27.7 Å². The molecule has 112 valence electrons. The molecule has 0 aliphatic heterocycles. The molecule has 0 fully saturated rings. The number of carbonyl (C=O) groups is 1. The van der Waals surface area contributed by atoms with E-state index < -0.39 is 0 Å². The van der Waals surface area contributed by atoms with Crippen molar-refractivity contribution in [3.8, 4) is 5.75 Å². The molecule has 0 aliphatic rings. The van der Waals surface area contributed by atoms with E-state index in [0.717, 1.165) is 4.47 Å². The number of aliphatic hydroxyl groups excluding tert-OH is 1. The number of thioether (sulfide) groups is 1. The van der Waals surface area contributed by atoms with Crippen LogP contribution in [-0.2, 0) is 4.79 Å². The minimum Gasteiger partial charge on any atom is -0.482 e. The van der Waals surface area contributed by atoms with Crippen LogP contribution in [0.2, 0.25) is 5.02 Å². The molecule has 1 rings (SSSR count). The molecular formula is C13H17BrClNO3S. The first-order chi connectivity index (χ1) is 9.47. The highest BCUT2D eigenvalue weighted by Gasteiger charge is 2.17. The summed E-state index contributed by atoms with van der Waals surface area (Å²) in [5.41, 5.74) is 0. The van der Waals surface area contributed by atoms with Crippen molar-refractivity contribution in [1.82, 2.24) is 5.32 Å². The quantitative estimate of drug-likeness (QED) is 0.761. The van der Waals surface area contributed by atoms with E-state index in [-0.39, 0.29) is 30.4 Å². The van der Waals surface area contributed by atoms with Crippen LogP contribution in [0.25, 0.3) is 0 Å². The fourth-order valence-electron chi connectivity index (χ4n) is 1.56. The normalized spacial score (nSPS) is 13.7. The van der Waals surface area contributed by atoms with Crippen molar-refractivity contribution < 1.29 is 14.6 Å². The number of aliphatic hydroxyl groups is 1. The summed E-state index contributed by atoms with van der Waals surface area (Å²) >= 11 is 10.8. The van der Waals surface area contributed by atoms with E-state index in [1.807, 2.05) is 13.2 Å². The maximum atomic E-state index is 11.8. The Morgan fingerprint density at radius 3 is 2.85 bits per heavy atom. The van der Waals surface area contributed by atoms with Crippen molar-refractivity contribution in [2.45, 2.75) is 18.2 Å². The number of nitrogens with one attached hydrogen (secondary N) is 1. The topological polar surface area (TPSA) is 58.6 Å². The van der Waals surface area contributed by atoms with Gasteiger partial charge in [0.2, 0.25) is 0 Å². The number of rotatable bonds is 7. The Morgan fingerprint density at radius 1 is 1.60 bits per heavy atom. The van der Waals surface area contributed by atoms with E-state index in [1.54, 1.807) is 18.2 Å². The number of hydrogen-bond acceptors (Lipinski definition) is 4. The summed E-state index contributed by atoms with van der Waals surface area (Å²) in [7, 11) is 0. The van der Waals surface area contributed by atoms with Gasteiger partial charge in [-0.2, -0.15) is 11.8 Å². The Labute approximate surface area is 136 Å². The van der Waals surface area contributed by atoms with Gasteiger partial charge in [-0.05, 0) is 31.4 Å². The Bertz CT molecular complexity index is 457. The molecule has 0 heterocycles. The zero-order chi connectivity index (χ0) is 15.1. The predicted octanol–water partition coefficient (Wildman–Crippen LogP) is 2.71. The van der Waals surface area contributed by atoms with E-state index >= 15 is 0 Å². The summed E-state index contributed by atoms with van der Waals surface area (Å²) in [6.07, 6.45) is 1.89. The largest absolute Gasteiger partial charge is 0.482 e. The lowest BCUT2D eigenvalue weighted by molar-refractivity contribution is -0.123. The second kappa shape index (κ2) is 8.77. The third kappa shape index (κ3) is 5.52. The monoisotopic (exact) mass is 381 g/mol. The van der Waals surface area contributed by atoms with Gasteiger partial charge in [-0.15, -0.1) is 0 Å². The first kappa shape index (κ1) is 17.6. The summed E-state index contributed by atoms with van der Waals surface area (Å²) in [6, 6.07) is 5.05. The van der Waals surface area contributed by atoms with Gasteiger partial charge in [0.15, 0.2) is 6.61 Å². The van der Waals surface area contributed by atoms with Gasteiger partial charge in [-0.25, -0.2) is 0 Å². The summed E-state index contributed by atoms with van der Waals surface area (Å²) in [6.45, 7) is 1.75. The van der Waals surface area contributed by atoms with Crippen LogP contribution >= 0.6 is 39.3 Å². The summed E-state index contributed by atoms with van der Waals surface area (Å²) in [5.74, 6) is 0.213. The van der Waals surface area contributed by atoms with Crippen LogP contribution in [0.3, 0.4) is 0 Å². The van der Waals surface area contributed by atoms with Crippen molar-refractivity contribution >= 4 is 45.2 Å². The molecule has 0 saturated heterocycles. The SMILES string of the molecule is CSC(CO)C(C)NC(=O)COc1ccc(Br)cc1Cl. The lowest BCUT2D eigenvalue weighted by atomic mass is 10.2. The molecule has 1 aromatic carbocycles. The molecule has 0 aliphatic carbocycles. The fraction of sp³-hybridized carbons (Fsp3) is 0.462. The van der Waals surface area contributed by atoms with Crippen LogP contribution in [0, 0.1) is 0 Å². The minimum atomic E-state index is -0.246. The highest BCUT2D eigenvalue weighted by atomic mass is 79.9. The molecule has 1 aromatic rings. The standard InChI is InChI=1S/C13H17BrClNO3S/c1-8(12(6-17)20-2)16-13(18)7-19-11-4-3-9(14)5-10(11)15/h3-5,8,12,17H,6-7H2,1-2H3,(H,16,18). The van der Waals surface area contributed by atoms with Gasteiger partial charge in [0.05, 0.1) is 11.6 Å². The Balaban J connectivity index is 2.47. The Hall–Kier alpha value is -0.430. The van der Waals surface area contributed by atoms with Gasteiger partial charge in [0, 0.05) is 15.8 Å². The minimum absolute atomic E-state index is 0.0159. The smallest absolute Gasteiger partial charge is 0.258 e. The third-order valence-corrected chi connectivity index (χ3v) is 4.63. The van der Waals surface area contributed by atoms with Crippen LogP contribution in [0.5, 0.6) is 5.75 Å². The third-order valence-electron chi connectivity index (χ3n) is 2.68. The van der Waals surface area contributed by atoms with Crippen molar-refractivity contribution in [2.75, 3.05) is 19.5 Å². The first-order valence-electron chi connectivity index (χ1n) is 5.98. The number of amides is 1. The second-order valence-electron chi connectivity index (χ2n) is 4.18. The van der Waals surface area contributed by atoms with E-state index in [2.05, 4.69) is 21.2 Å². The molecule has 0 radical (unpaired) electrons. The summed E-state index contributed by atoms with van der Waals surface area (Å²) in [5, 5.41) is 12.4. The van der Waals surface area contributed by atoms with E-state index in [4.69, 9.17) is 21.4 Å². The van der Waals surface area contributed by atoms with Gasteiger partial charge in [0.1, 0.15) is 5.75 Å². The van der Waals surface area contributed by atoms with Gasteiger partial charge < -0.3 is 15.2 Å². The molecule has 0 spiro atoms. The van der Waals surface area contributed by atoms with Gasteiger partial charge in [-0.3, -0.25) is 4.79 Å². The molecule has 0 bridgehead atoms. The van der Waals surface area contributed by atoms with Crippen LogP contribution < -0.4 is 10.1 Å². The predicted molar refractivity (Wildman–Crippen MR) is 86.6 cm³/mol. The molecule has 2 unspecified atom stereocenters. The van der Waals surface area contributed by atoms with Crippen molar-refractivity contribution in [1.29, 1.82) is 0 Å². The average molecular weight is 383 g/mol. The number of halogens is 2. The Kier molecular flexibility index (Phi) is 7.72. The molecular weight excluding hydrogens is 366 g/mol. The van der Waals surface area contributed by atoms with E-state index in [0.29, 0.717) is 10.8 Å². The highest BCUT2D eigenvalue weighted by molar-refractivity contribution is 9.10. The second-order valence-corrected chi connectivity index (χ2v) is 6.58. The molecule has 2 N–H and O–H groups in total. The van der Waals surface area contributed by atoms with Crippen LogP contribution in [0.1, 0.15) is 6.92 Å². The molecule has 1 amide bonds. The van der Waals surface area contributed by atoms with Gasteiger partial charge in [0.25, 0.3) is 5.91 Å². The zero-order valence-corrected chi connectivity index (χ0v) is 14.4. The summed E-state index contributed by atoms with van der Waals surface area (Å²) < 4.78 is 6.21. The Morgan fingerprint density at radius 2 is 2.30 bits per heavy atom. The lowest BCUT2D eigenvalue weighted by Gasteiger charge is -2.21. The maximum absolute atomic E-state index is 11.8. The van der Waals surface area contributed by atoms with Gasteiger partial charge >= 0.3 is 0 Å². The van der Waals surface area contributed by atoms with Crippen LogP contribution in [0.4, 0.5) is 0 Å². The number of ether oxygens (including phenoxy) is 1. The average Bonchev–Trinajstić information content (AvgIpc) is 2.39. The molecule has 2 atom stereocenters. The molecule has 0 aromatic heterocycles. The van der Waals surface area contributed by atoms with Crippen molar-refractivity contribution in [2.24, 2.45) is 0 Å². The van der Waals surface area contributed by atoms with Gasteiger partial charge in [-0.1, -0.05) is 27.5 Å². The highest BCUT2D eigenvalue weighted by Crippen LogP contribution is 2.27.